The number of Topliss-reactive ketones (excluding diaryl/α,β-unsaturated/α-hetero) is 1. The van der Waals surface area contributed by atoms with Gasteiger partial charge in [0.05, 0.1) is 7.11 Å². The molecule has 2 aromatic carbocycles. The van der Waals surface area contributed by atoms with E-state index >= 15 is 0 Å². The summed E-state index contributed by atoms with van der Waals surface area (Å²) in [5.74, 6) is 0.941. The van der Waals surface area contributed by atoms with E-state index in [0.717, 1.165) is 60.4 Å². The van der Waals surface area contributed by atoms with Gasteiger partial charge in [-0.15, -0.1) is 0 Å². The fourth-order valence-corrected chi connectivity index (χ4v) is 3.61. The lowest BCUT2D eigenvalue weighted by Gasteiger charge is -2.32. The number of rotatable bonds is 5. The topological polar surface area (TPSA) is 68.5 Å². The molecule has 6 nitrogen and oxygen atoms in total. The van der Waals surface area contributed by atoms with Gasteiger partial charge in [-0.25, -0.2) is 4.63 Å². The first-order chi connectivity index (χ1) is 12.7. The van der Waals surface area contributed by atoms with Crippen LogP contribution in [0.25, 0.3) is 11.0 Å². The molecule has 6 heteroatoms. The van der Waals surface area contributed by atoms with Crippen molar-refractivity contribution in [1.29, 1.82) is 0 Å². The van der Waals surface area contributed by atoms with Crippen molar-refractivity contribution < 1.29 is 14.2 Å². The van der Waals surface area contributed by atoms with Crippen molar-refractivity contribution in [1.82, 2.24) is 15.2 Å². The Bertz CT molecular complexity index is 921. The van der Waals surface area contributed by atoms with E-state index in [2.05, 4.69) is 15.2 Å². The fourth-order valence-electron chi connectivity index (χ4n) is 3.61. The van der Waals surface area contributed by atoms with Gasteiger partial charge >= 0.3 is 0 Å². The molecular weight excluding hydrogens is 330 g/mol. The summed E-state index contributed by atoms with van der Waals surface area (Å²) in [6.07, 6.45) is 1.95. The lowest BCUT2D eigenvalue weighted by molar-refractivity contribution is 0.0811. The Kier molecular flexibility index (Phi) is 4.67. The van der Waals surface area contributed by atoms with E-state index in [1.54, 1.807) is 7.11 Å². The third-order valence-electron chi connectivity index (χ3n) is 4.95. The smallest absolute Gasteiger partial charge is 0.167 e. The number of fused-ring (bicyclic) bond motifs is 1. The van der Waals surface area contributed by atoms with Crippen LogP contribution in [0.3, 0.4) is 0 Å². The molecule has 1 aliphatic rings. The minimum Gasteiger partial charge on any atom is -0.497 e. The summed E-state index contributed by atoms with van der Waals surface area (Å²) in [7, 11) is 1.62. The van der Waals surface area contributed by atoms with E-state index < -0.39 is 0 Å². The standard InChI is InChI=1S/C20H21N3O3/c1-25-17-6-2-4-15(11-17)20(24)16-5-3-9-23(13-16)12-14-7-8-18-19(10-14)22-26-21-18/h2,4,6-8,10-11,16H,3,5,9,12-13H2,1H3/t16-/m0/s1. The number of carbonyl (C=O) groups is 1. The summed E-state index contributed by atoms with van der Waals surface area (Å²) >= 11 is 0. The van der Waals surface area contributed by atoms with Gasteiger partial charge in [0.15, 0.2) is 5.78 Å². The highest BCUT2D eigenvalue weighted by atomic mass is 16.6. The molecule has 0 radical (unpaired) electrons. The Morgan fingerprint density at radius 2 is 2.12 bits per heavy atom. The minimum absolute atomic E-state index is 0.0216. The number of piperidine rings is 1. The largest absolute Gasteiger partial charge is 0.497 e. The Morgan fingerprint density at radius 3 is 3.00 bits per heavy atom. The SMILES string of the molecule is COc1cccc(C(=O)[C@H]2CCCN(Cc3ccc4nonc4c3)C2)c1. The summed E-state index contributed by atoms with van der Waals surface area (Å²) in [5.41, 5.74) is 3.41. The molecule has 0 N–H and O–H groups in total. The lowest BCUT2D eigenvalue weighted by Crippen LogP contribution is -2.38. The first kappa shape index (κ1) is 16.7. The molecule has 0 amide bonds. The van der Waals surface area contributed by atoms with Gasteiger partial charge in [0.1, 0.15) is 16.8 Å². The van der Waals surface area contributed by atoms with Crippen molar-refractivity contribution in [3.8, 4) is 5.75 Å². The van der Waals surface area contributed by atoms with Crippen LogP contribution in [0.4, 0.5) is 0 Å². The molecule has 1 atom stereocenters. The first-order valence-corrected chi connectivity index (χ1v) is 8.85. The van der Waals surface area contributed by atoms with Gasteiger partial charge in [-0.1, -0.05) is 18.2 Å². The third-order valence-corrected chi connectivity index (χ3v) is 4.95. The molecule has 1 aromatic heterocycles. The van der Waals surface area contributed by atoms with Crippen LogP contribution in [0.5, 0.6) is 5.75 Å². The summed E-state index contributed by atoms with van der Waals surface area (Å²) in [6.45, 7) is 2.56. The van der Waals surface area contributed by atoms with Crippen LogP contribution in [0, 0.1) is 5.92 Å². The fraction of sp³-hybridized carbons (Fsp3) is 0.350. The van der Waals surface area contributed by atoms with Gasteiger partial charge in [0, 0.05) is 24.6 Å². The number of nitrogens with zero attached hydrogens (tertiary/aromatic N) is 3. The average Bonchev–Trinajstić information content (AvgIpc) is 3.15. The highest BCUT2D eigenvalue weighted by molar-refractivity contribution is 5.98. The van der Waals surface area contributed by atoms with Gasteiger partial charge in [-0.3, -0.25) is 9.69 Å². The monoisotopic (exact) mass is 351 g/mol. The summed E-state index contributed by atoms with van der Waals surface area (Å²) in [5, 5.41) is 7.74. The van der Waals surface area contributed by atoms with E-state index in [1.807, 2.05) is 42.5 Å². The van der Waals surface area contributed by atoms with Crippen molar-refractivity contribution in [3.63, 3.8) is 0 Å². The second kappa shape index (κ2) is 7.25. The number of carbonyl (C=O) groups excluding carboxylic acids is 1. The number of hydrogen-bond acceptors (Lipinski definition) is 6. The van der Waals surface area contributed by atoms with Crippen LogP contribution in [-0.4, -0.2) is 41.2 Å². The number of benzene rings is 2. The average molecular weight is 351 g/mol. The van der Waals surface area contributed by atoms with Crippen molar-refractivity contribution in [2.45, 2.75) is 19.4 Å². The molecule has 2 heterocycles. The molecule has 1 aliphatic heterocycles. The summed E-state index contributed by atoms with van der Waals surface area (Å²) in [4.78, 5) is 15.2. The zero-order chi connectivity index (χ0) is 17.9. The Labute approximate surface area is 151 Å². The molecule has 134 valence electrons. The summed E-state index contributed by atoms with van der Waals surface area (Å²) in [6, 6.07) is 13.4. The minimum atomic E-state index is 0.0216. The van der Waals surface area contributed by atoms with Crippen LogP contribution < -0.4 is 4.74 Å². The van der Waals surface area contributed by atoms with Crippen LogP contribution in [0.15, 0.2) is 47.1 Å². The quantitative estimate of drug-likeness (QED) is 0.657. The number of hydrogen-bond donors (Lipinski definition) is 0. The molecule has 4 rings (SSSR count). The van der Waals surface area contributed by atoms with Crippen molar-refractivity contribution >= 4 is 16.8 Å². The maximum absolute atomic E-state index is 12.9. The highest BCUT2D eigenvalue weighted by Gasteiger charge is 2.26. The highest BCUT2D eigenvalue weighted by Crippen LogP contribution is 2.24. The number of ketones is 1. The molecule has 0 saturated carbocycles. The Hall–Kier alpha value is -2.73. The van der Waals surface area contributed by atoms with Gasteiger partial charge in [-0.05, 0) is 59.5 Å². The molecule has 1 fully saturated rings. The van der Waals surface area contributed by atoms with E-state index in [-0.39, 0.29) is 11.7 Å². The predicted octanol–water partition coefficient (Wildman–Crippen LogP) is 3.33. The van der Waals surface area contributed by atoms with Crippen LogP contribution in [0.2, 0.25) is 0 Å². The molecule has 0 bridgehead atoms. The first-order valence-electron chi connectivity index (χ1n) is 8.85. The van der Waals surface area contributed by atoms with Crippen molar-refractivity contribution in [3.05, 3.63) is 53.6 Å². The molecule has 0 unspecified atom stereocenters. The van der Waals surface area contributed by atoms with Crippen LogP contribution in [0.1, 0.15) is 28.8 Å². The van der Waals surface area contributed by atoms with Crippen LogP contribution >= 0.6 is 0 Å². The zero-order valence-electron chi connectivity index (χ0n) is 14.7. The van der Waals surface area contributed by atoms with Gasteiger partial charge in [0.2, 0.25) is 0 Å². The second-order valence-electron chi connectivity index (χ2n) is 6.76. The van der Waals surface area contributed by atoms with Crippen LogP contribution in [-0.2, 0) is 6.54 Å². The predicted molar refractivity (Wildman–Crippen MR) is 97.1 cm³/mol. The number of ether oxygens (including phenoxy) is 1. The van der Waals surface area contributed by atoms with Crippen molar-refractivity contribution in [2.75, 3.05) is 20.2 Å². The number of aromatic nitrogens is 2. The van der Waals surface area contributed by atoms with E-state index in [0.29, 0.717) is 0 Å². The zero-order valence-corrected chi connectivity index (χ0v) is 14.7. The van der Waals surface area contributed by atoms with E-state index in [9.17, 15) is 4.79 Å². The molecule has 26 heavy (non-hydrogen) atoms. The molecule has 0 spiro atoms. The maximum atomic E-state index is 12.9. The number of likely N-dealkylation sites (tertiary alicyclic amines) is 1. The summed E-state index contributed by atoms with van der Waals surface area (Å²) < 4.78 is 10.00. The second-order valence-corrected chi connectivity index (χ2v) is 6.76. The Morgan fingerprint density at radius 1 is 1.23 bits per heavy atom. The molecular formula is C20H21N3O3. The van der Waals surface area contributed by atoms with E-state index in [4.69, 9.17) is 9.37 Å². The molecule has 3 aromatic rings. The Balaban J connectivity index is 1.45. The number of methoxy groups -OCH3 is 1. The van der Waals surface area contributed by atoms with Gasteiger partial charge in [-0.2, -0.15) is 0 Å². The van der Waals surface area contributed by atoms with Gasteiger partial charge < -0.3 is 4.74 Å². The lowest BCUT2D eigenvalue weighted by atomic mass is 9.89. The normalized spacial score (nSPS) is 18.1. The third kappa shape index (κ3) is 3.46. The van der Waals surface area contributed by atoms with E-state index in [1.165, 1.54) is 0 Å². The molecule has 1 saturated heterocycles. The maximum Gasteiger partial charge on any atom is 0.167 e. The van der Waals surface area contributed by atoms with Gasteiger partial charge in [0.25, 0.3) is 0 Å². The van der Waals surface area contributed by atoms with Crippen molar-refractivity contribution in [2.24, 2.45) is 5.92 Å². The molecule has 0 aliphatic carbocycles.